The summed E-state index contributed by atoms with van der Waals surface area (Å²) in [5.41, 5.74) is -12.1. The minimum atomic E-state index is -5.42. The Morgan fingerprint density at radius 2 is 1.67 bits per heavy atom. The van der Waals surface area contributed by atoms with Crippen molar-refractivity contribution in [1.29, 1.82) is 0 Å². The van der Waals surface area contributed by atoms with Crippen molar-refractivity contribution in [3.8, 4) is 0 Å². The normalized spacial score (nSPS) is 20.9. The topological polar surface area (TPSA) is 76.1 Å². The summed E-state index contributed by atoms with van der Waals surface area (Å²) in [6, 6.07) is 2.08. The lowest BCUT2D eigenvalue weighted by atomic mass is 9.94. The molecule has 0 bridgehead atoms. The van der Waals surface area contributed by atoms with Gasteiger partial charge in [0.25, 0.3) is 5.91 Å². The standard InChI is InChI=1S/C15H17F5NO5P/c1-4-25-27(24,26-5-2)15(19,20)13(23)9-7-6-8-10(14(16,17)18)11(9)21(3)12(13)22/h6-8,23H,4-5H2,1-3H3. The summed E-state index contributed by atoms with van der Waals surface area (Å²) in [6.45, 7) is 1.43. The summed E-state index contributed by atoms with van der Waals surface area (Å²) in [5.74, 6) is -1.78. The zero-order valence-corrected chi connectivity index (χ0v) is 15.4. The van der Waals surface area contributed by atoms with Crippen molar-refractivity contribution in [3.63, 3.8) is 0 Å². The Bertz CT molecular complexity index is 789. The highest BCUT2D eigenvalue weighted by Crippen LogP contribution is 2.70. The van der Waals surface area contributed by atoms with Gasteiger partial charge < -0.3 is 19.1 Å². The average molecular weight is 417 g/mol. The molecule has 0 saturated heterocycles. The van der Waals surface area contributed by atoms with E-state index in [1.54, 1.807) is 0 Å². The molecule has 1 heterocycles. The molecule has 0 radical (unpaired) electrons. The Hall–Kier alpha value is -1.55. The highest BCUT2D eigenvalue weighted by Gasteiger charge is 2.75. The van der Waals surface area contributed by atoms with Crippen molar-refractivity contribution < 1.29 is 45.5 Å². The molecule has 12 heteroatoms. The maximum absolute atomic E-state index is 15.2. The third-order valence-electron chi connectivity index (χ3n) is 4.06. The first-order valence-electron chi connectivity index (χ1n) is 7.77. The minimum Gasteiger partial charge on any atom is -0.370 e. The fourth-order valence-corrected chi connectivity index (χ4v) is 4.60. The summed E-state index contributed by atoms with van der Waals surface area (Å²) in [7, 11) is -4.62. The van der Waals surface area contributed by atoms with Crippen molar-refractivity contribution >= 4 is 19.2 Å². The number of alkyl halides is 5. The first-order valence-corrected chi connectivity index (χ1v) is 9.32. The maximum atomic E-state index is 15.2. The second-order valence-electron chi connectivity index (χ2n) is 5.65. The molecular weight excluding hydrogens is 400 g/mol. The number of benzene rings is 1. The van der Waals surface area contributed by atoms with Crippen LogP contribution in [0.5, 0.6) is 0 Å². The molecule has 0 aromatic heterocycles. The van der Waals surface area contributed by atoms with Gasteiger partial charge in [0.1, 0.15) is 0 Å². The van der Waals surface area contributed by atoms with Crippen LogP contribution in [0, 0.1) is 0 Å². The highest BCUT2D eigenvalue weighted by molar-refractivity contribution is 7.55. The number of anilines is 1. The van der Waals surface area contributed by atoms with E-state index in [1.165, 1.54) is 13.8 Å². The Kier molecular flexibility index (Phi) is 5.48. The SMILES string of the molecule is CCOP(=O)(OCC)C(F)(F)C1(O)C(=O)N(C)c2c(C(F)(F)F)cccc21. The maximum Gasteiger partial charge on any atom is 0.418 e. The van der Waals surface area contributed by atoms with E-state index in [4.69, 9.17) is 0 Å². The second-order valence-corrected chi connectivity index (χ2v) is 7.72. The van der Waals surface area contributed by atoms with Gasteiger partial charge in [-0.25, -0.2) is 0 Å². The molecule has 1 aliphatic heterocycles. The van der Waals surface area contributed by atoms with Gasteiger partial charge in [0.2, 0.25) is 5.60 Å². The van der Waals surface area contributed by atoms with Crippen LogP contribution in [-0.4, -0.2) is 36.9 Å². The number of aliphatic hydroxyl groups is 1. The number of fused-ring (bicyclic) bond motifs is 1. The second kappa shape index (κ2) is 6.80. The molecular formula is C15H17F5NO5P. The number of halogens is 5. The van der Waals surface area contributed by atoms with Crippen LogP contribution in [0.25, 0.3) is 0 Å². The Morgan fingerprint density at radius 3 is 2.11 bits per heavy atom. The van der Waals surface area contributed by atoms with Gasteiger partial charge in [0.15, 0.2) is 0 Å². The molecule has 0 aliphatic carbocycles. The zero-order chi connectivity index (χ0) is 20.8. The predicted molar refractivity (Wildman–Crippen MR) is 84.6 cm³/mol. The van der Waals surface area contributed by atoms with Crippen molar-refractivity contribution in [2.45, 2.75) is 31.3 Å². The lowest BCUT2D eigenvalue weighted by Crippen LogP contribution is -2.52. The summed E-state index contributed by atoms with van der Waals surface area (Å²) in [5, 5.41) is 10.6. The van der Waals surface area contributed by atoms with E-state index in [2.05, 4.69) is 9.05 Å². The van der Waals surface area contributed by atoms with Gasteiger partial charge >= 0.3 is 19.4 Å². The lowest BCUT2D eigenvalue weighted by Gasteiger charge is -2.35. The molecule has 152 valence electrons. The molecule has 1 aliphatic rings. The van der Waals surface area contributed by atoms with Gasteiger partial charge in [-0.05, 0) is 19.9 Å². The molecule has 27 heavy (non-hydrogen) atoms. The summed E-state index contributed by atoms with van der Waals surface area (Å²) >= 11 is 0. The number of para-hydroxylation sites is 1. The number of nitrogens with zero attached hydrogens (tertiary/aromatic N) is 1. The monoisotopic (exact) mass is 417 g/mol. The van der Waals surface area contributed by atoms with Crippen LogP contribution in [0.15, 0.2) is 18.2 Å². The van der Waals surface area contributed by atoms with Crippen molar-refractivity contribution in [2.75, 3.05) is 25.2 Å². The van der Waals surface area contributed by atoms with Crippen LogP contribution >= 0.6 is 7.60 Å². The summed E-state index contributed by atoms with van der Waals surface area (Å²) in [4.78, 5) is 12.7. The quantitative estimate of drug-likeness (QED) is 0.564. The molecule has 1 aromatic rings. The Balaban J connectivity index is 2.79. The predicted octanol–water partition coefficient (Wildman–Crippen LogP) is 3.73. The molecule has 0 spiro atoms. The van der Waals surface area contributed by atoms with Gasteiger partial charge in [0.05, 0.1) is 24.5 Å². The van der Waals surface area contributed by atoms with Crippen molar-refractivity contribution in [1.82, 2.24) is 0 Å². The van der Waals surface area contributed by atoms with Gasteiger partial charge in [0, 0.05) is 12.6 Å². The molecule has 2 rings (SSSR count). The molecule has 0 saturated carbocycles. The average Bonchev–Trinajstić information content (AvgIpc) is 2.77. The first-order chi connectivity index (χ1) is 12.3. The molecule has 1 unspecified atom stereocenters. The van der Waals surface area contributed by atoms with E-state index in [0.717, 1.165) is 19.2 Å². The van der Waals surface area contributed by atoms with Crippen LogP contribution in [0.1, 0.15) is 25.0 Å². The van der Waals surface area contributed by atoms with Crippen LogP contribution in [0.3, 0.4) is 0 Å². The minimum absolute atomic E-state index is 0.258. The van der Waals surface area contributed by atoms with Crippen LogP contribution in [-0.2, 0) is 30.2 Å². The van der Waals surface area contributed by atoms with Gasteiger partial charge in [-0.2, -0.15) is 22.0 Å². The number of hydrogen-bond donors (Lipinski definition) is 1. The Morgan fingerprint density at radius 1 is 1.15 bits per heavy atom. The third kappa shape index (κ3) is 2.97. The van der Waals surface area contributed by atoms with E-state index in [0.29, 0.717) is 6.07 Å². The number of amides is 1. The third-order valence-corrected chi connectivity index (χ3v) is 6.27. The summed E-state index contributed by atoms with van der Waals surface area (Å²) < 4.78 is 91.8. The van der Waals surface area contributed by atoms with Crippen LogP contribution < -0.4 is 4.90 Å². The molecule has 1 N–H and O–H groups in total. The summed E-state index contributed by atoms with van der Waals surface area (Å²) in [6.07, 6.45) is -4.98. The number of carbonyl (C=O) groups is 1. The molecule has 6 nitrogen and oxygen atoms in total. The van der Waals surface area contributed by atoms with Crippen molar-refractivity contribution in [3.05, 3.63) is 29.3 Å². The van der Waals surface area contributed by atoms with Crippen molar-refractivity contribution in [2.24, 2.45) is 0 Å². The fourth-order valence-electron chi connectivity index (χ4n) is 2.91. The molecule has 1 atom stereocenters. The first kappa shape index (κ1) is 21.7. The number of hydrogen-bond acceptors (Lipinski definition) is 5. The van der Waals surface area contributed by atoms with Gasteiger partial charge in [-0.3, -0.25) is 9.36 Å². The largest absolute Gasteiger partial charge is 0.418 e. The molecule has 1 aromatic carbocycles. The van der Waals surface area contributed by atoms with Gasteiger partial charge in [-0.15, -0.1) is 0 Å². The fraction of sp³-hybridized carbons (Fsp3) is 0.533. The van der Waals surface area contributed by atoms with E-state index < -0.39 is 61.0 Å². The van der Waals surface area contributed by atoms with E-state index in [-0.39, 0.29) is 4.90 Å². The van der Waals surface area contributed by atoms with Gasteiger partial charge in [-0.1, -0.05) is 12.1 Å². The number of carbonyl (C=O) groups excluding carboxylic acids is 1. The molecule has 0 fully saturated rings. The molecule has 1 amide bonds. The van der Waals surface area contributed by atoms with Crippen LogP contribution in [0.2, 0.25) is 0 Å². The van der Waals surface area contributed by atoms with Crippen LogP contribution in [0.4, 0.5) is 27.6 Å². The lowest BCUT2D eigenvalue weighted by molar-refractivity contribution is -0.169. The Labute approximate surface area is 151 Å². The van der Waals surface area contributed by atoms with E-state index >= 15 is 8.78 Å². The number of likely N-dealkylation sites (N-methyl/N-ethyl adjacent to an activating group) is 1. The number of rotatable bonds is 6. The van der Waals surface area contributed by atoms with E-state index in [9.17, 15) is 27.6 Å². The highest BCUT2D eigenvalue weighted by atomic mass is 31.2. The zero-order valence-electron chi connectivity index (χ0n) is 14.5. The van der Waals surface area contributed by atoms with E-state index in [1.807, 2.05) is 0 Å². The smallest absolute Gasteiger partial charge is 0.370 e.